The van der Waals surface area contributed by atoms with Crippen LogP contribution < -0.4 is 10.2 Å². The zero-order valence-electron chi connectivity index (χ0n) is 14.3. The van der Waals surface area contributed by atoms with Gasteiger partial charge in [-0.05, 0) is 35.2 Å². The molecule has 4 atom stereocenters. The van der Waals surface area contributed by atoms with Gasteiger partial charge >= 0.3 is 0 Å². The van der Waals surface area contributed by atoms with Crippen molar-refractivity contribution in [2.24, 2.45) is 5.41 Å². The van der Waals surface area contributed by atoms with Crippen LogP contribution in [-0.2, 0) is 9.47 Å². The van der Waals surface area contributed by atoms with Gasteiger partial charge in [-0.15, -0.1) is 0 Å². The average molecular weight is 402 g/mol. The van der Waals surface area contributed by atoms with E-state index in [4.69, 9.17) is 14.2 Å². The van der Waals surface area contributed by atoms with Gasteiger partial charge in [0.05, 0.1) is 29.4 Å². The molecule has 1 saturated heterocycles. The number of ether oxygens (including phenoxy) is 3. The Morgan fingerprint density at radius 1 is 1.50 bits per heavy atom. The van der Waals surface area contributed by atoms with Crippen molar-refractivity contribution in [3.05, 3.63) is 26.6 Å². The minimum Gasteiger partial charge on any atom is -0.491 e. The van der Waals surface area contributed by atoms with Gasteiger partial charge in [0, 0.05) is 31.9 Å². The molecule has 3 heterocycles. The van der Waals surface area contributed by atoms with Crippen molar-refractivity contribution in [2.75, 3.05) is 27.4 Å². The third kappa shape index (κ3) is 2.62. The number of aliphatic hydroxyl groups is 1. The van der Waals surface area contributed by atoms with Crippen LogP contribution in [-0.4, -0.2) is 43.2 Å². The van der Waals surface area contributed by atoms with Crippen LogP contribution in [0, 0.1) is 5.41 Å². The van der Waals surface area contributed by atoms with Gasteiger partial charge in [0.2, 0.25) is 5.43 Å². The highest BCUT2D eigenvalue weighted by molar-refractivity contribution is 9.10. The molecular formula is C17H24BrNO5. The summed E-state index contributed by atoms with van der Waals surface area (Å²) in [7, 11) is 3.11. The van der Waals surface area contributed by atoms with Crippen molar-refractivity contribution in [1.29, 1.82) is 0 Å². The van der Waals surface area contributed by atoms with Crippen molar-refractivity contribution in [2.45, 2.75) is 44.4 Å². The van der Waals surface area contributed by atoms with Crippen LogP contribution in [0.25, 0.3) is 0 Å². The summed E-state index contributed by atoms with van der Waals surface area (Å²) >= 11 is 3.32. The van der Waals surface area contributed by atoms with E-state index in [1.54, 1.807) is 13.3 Å². The maximum absolute atomic E-state index is 12.5. The molecule has 6 nitrogen and oxygen atoms in total. The number of pyridine rings is 1. The molecule has 1 N–H and O–H groups in total. The van der Waals surface area contributed by atoms with Gasteiger partial charge in [0.25, 0.3) is 0 Å². The lowest BCUT2D eigenvalue weighted by atomic mass is 9.68. The Morgan fingerprint density at radius 2 is 2.25 bits per heavy atom. The minimum absolute atomic E-state index is 0.0600. The third-order valence-electron chi connectivity index (χ3n) is 5.42. The number of hydrogen-bond acceptors (Lipinski definition) is 5. The summed E-state index contributed by atoms with van der Waals surface area (Å²) in [5, 5.41) is 11.2. The molecule has 1 aromatic rings. The van der Waals surface area contributed by atoms with E-state index >= 15 is 0 Å². The molecule has 0 bridgehead atoms. The van der Waals surface area contributed by atoms with Crippen LogP contribution >= 0.6 is 15.9 Å². The van der Waals surface area contributed by atoms with Gasteiger partial charge in [-0.1, -0.05) is 6.92 Å². The summed E-state index contributed by atoms with van der Waals surface area (Å²) in [5.41, 5.74) is -0.252. The lowest BCUT2D eigenvalue weighted by Crippen LogP contribution is -2.53. The molecule has 2 aliphatic heterocycles. The van der Waals surface area contributed by atoms with E-state index in [0.717, 1.165) is 12.8 Å². The lowest BCUT2D eigenvalue weighted by Gasteiger charge is -2.52. The topological polar surface area (TPSA) is 69.9 Å². The Kier molecular flexibility index (Phi) is 5.06. The maximum atomic E-state index is 12.5. The summed E-state index contributed by atoms with van der Waals surface area (Å²) in [5.74, 6) is 0.199. The molecule has 24 heavy (non-hydrogen) atoms. The average Bonchev–Trinajstić information content (AvgIpc) is 2.60. The molecule has 4 unspecified atom stereocenters. The molecule has 3 rings (SSSR count). The fourth-order valence-electron chi connectivity index (χ4n) is 4.08. The van der Waals surface area contributed by atoms with Gasteiger partial charge < -0.3 is 23.9 Å². The van der Waals surface area contributed by atoms with Crippen LogP contribution in [0.3, 0.4) is 0 Å². The smallest absolute Gasteiger partial charge is 0.237 e. The number of methoxy groups -OCH3 is 2. The fraction of sp³-hybridized carbons (Fsp3) is 0.706. The molecule has 0 saturated carbocycles. The Morgan fingerprint density at radius 3 is 2.92 bits per heavy atom. The molecule has 0 aromatic carbocycles. The van der Waals surface area contributed by atoms with Crippen LogP contribution in [0.5, 0.6) is 5.75 Å². The predicted octanol–water partition coefficient (Wildman–Crippen LogP) is 2.43. The highest BCUT2D eigenvalue weighted by atomic mass is 79.9. The lowest BCUT2D eigenvalue weighted by molar-refractivity contribution is -0.164. The largest absolute Gasteiger partial charge is 0.491 e. The fourth-order valence-corrected chi connectivity index (χ4v) is 4.48. The quantitative estimate of drug-likeness (QED) is 0.838. The second-order valence-corrected chi connectivity index (χ2v) is 7.64. The first-order chi connectivity index (χ1) is 11.5. The van der Waals surface area contributed by atoms with Crippen LogP contribution in [0.2, 0.25) is 0 Å². The molecule has 0 aliphatic carbocycles. The van der Waals surface area contributed by atoms with E-state index in [2.05, 4.69) is 15.9 Å². The molecule has 0 radical (unpaired) electrons. The number of rotatable bonds is 4. The first-order valence-corrected chi connectivity index (χ1v) is 9.02. The second kappa shape index (κ2) is 6.78. The Labute approximate surface area is 149 Å². The molecule has 7 heteroatoms. The van der Waals surface area contributed by atoms with E-state index < -0.39 is 11.5 Å². The van der Waals surface area contributed by atoms with Crippen molar-refractivity contribution < 1.29 is 19.3 Å². The summed E-state index contributed by atoms with van der Waals surface area (Å²) < 4.78 is 19.1. The van der Waals surface area contributed by atoms with Crippen LogP contribution in [0.4, 0.5) is 0 Å². The summed E-state index contributed by atoms with van der Waals surface area (Å²) in [6.45, 7) is 3.21. The summed E-state index contributed by atoms with van der Waals surface area (Å²) in [6.07, 6.45) is 3.27. The van der Waals surface area contributed by atoms with Gasteiger partial charge in [0.15, 0.2) is 5.75 Å². The van der Waals surface area contributed by atoms with Gasteiger partial charge in [0.1, 0.15) is 6.10 Å². The second-order valence-electron chi connectivity index (χ2n) is 6.78. The predicted molar refractivity (Wildman–Crippen MR) is 92.5 cm³/mol. The normalized spacial score (nSPS) is 32.1. The van der Waals surface area contributed by atoms with E-state index in [1.165, 1.54) is 7.11 Å². The highest BCUT2D eigenvalue weighted by Gasteiger charge is 2.53. The zero-order chi connectivity index (χ0) is 17.5. The molecular weight excluding hydrogens is 378 g/mol. The van der Waals surface area contributed by atoms with Crippen molar-refractivity contribution in [1.82, 2.24) is 4.57 Å². The molecule has 134 valence electrons. The van der Waals surface area contributed by atoms with Crippen LogP contribution in [0.1, 0.15) is 44.0 Å². The number of hydrogen-bond donors (Lipinski definition) is 1. The van der Waals surface area contributed by atoms with E-state index in [9.17, 15) is 9.90 Å². The SMILES string of the molecule is COCCC1(C)C(O)c2c(OC)c(=O)c(Br)cn2C2CCCOC21. The number of halogens is 1. The Bertz CT molecular complexity index is 676. The number of fused-ring (bicyclic) bond motifs is 3. The zero-order valence-corrected chi connectivity index (χ0v) is 15.8. The van der Waals surface area contributed by atoms with Gasteiger partial charge in [-0.3, -0.25) is 4.79 Å². The standard InChI is InChI=1S/C17H24BrNO5/c1-17(6-8-22-2)15(21)12-14(23-3)13(20)10(18)9-19(12)11-5-4-7-24-16(11)17/h9,11,15-16,21H,4-8H2,1-3H3. The van der Waals surface area contributed by atoms with Crippen molar-refractivity contribution in [3.63, 3.8) is 0 Å². The highest BCUT2D eigenvalue weighted by Crippen LogP contribution is 2.53. The first kappa shape index (κ1) is 17.9. The number of aromatic nitrogens is 1. The van der Waals surface area contributed by atoms with E-state index in [1.807, 2.05) is 11.5 Å². The summed E-state index contributed by atoms with van der Waals surface area (Å²) in [6, 6.07) is 0.0600. The molecule has 2 aliphatic rings. The molecule has 0 amide bonds. The third-order valence-corrected chi connectivity index (χ3v) is 5.98. The van der Waals surface area contributed by atoms with E-state index in [-0.39, 0.29) is 23.3 Å². The molecule has 1 fully saturated rings. The first-order valence-electron chi connectivity index (χ1n) is 8.22. The van der Waals surface area contributed by atoms with Crippen molar-refractivity contribution >= 4 is 15.9 Å². The van der Waals surface area contributed by atoms with Crippen LogP contribution in [0.15, 0.2) is 15.5 Å². The van der Waals surface area contributed by atoms with E-state index in [0.29, 0.717) is 29.8 Å². The Hall–Kier alpha value is -0.890. The summed E-state index contributed by atoms with van der Waals surface area (Å²) in [4.78, 5) is 12.5. The monoisotopic (exact) mass is 401 g/mol. The molecule has 1 aromatic heterocycles. The minimum atomic E-state index is -0.872. The Balaban J connectivity index is 2.21. The number of nitrogens with zero attached hydrogens (tertiary/aromatic N) is 1. The number of aliphatic hydroxyl groups excluding tert-OH is 1. The maximum Gasteiger partial charge on any atom is 0.237 e. The molecule has 0 spiro atoms. The van der Waals surface area contributed by atoms with Crippen molar-refractivity contribution in [3.8, 4) is 5.75 Å². The van der Waals surface area contributed by atoms with Gasteiger partial charge in [-0.25, -0.2) is 0 Å². The van der Waals surface area contributed by atoms with Gasteiger partial charge in [-0.2, -0.15) is 0 Å².